The van der Waals surface area contributed by atoms with E-state index in [2.05, 4.69) is 20.9 Å². The highest BCUT2D eigenvalue weighted by Crippen LogP contribution is 2.24. The summed E-state index contributed by atoms with van der Waals surface area (Å²) >= 11 is 0. The fourth-order valence-corrected chi connectivity index (χ4v) is 1.46. The van der Waals surface area contributed by atoms with Gasteiger partial charge in [0.2, 0.25) is 5.89 Å². The van der Waals surface area contributed by atoms with E-state index in [0.717, 1.165) is 6.07 Å². The van der Waals surface area contributed by atoms with Gasteiger partial charge in [-0.3, -0.25) is 26.1 Å². The average molecular weight is 278 g/mol. The van der Waals surface area contributed by atoms with E-state index in [-0.39, 0.29) is 28.8 Å². The molecule has 1 aromatic heterocycles. The summed E-state index contributed by atoms with van der Waals surface area (Å²) in [6, 6.07) is 3.71. The molecule has 0 saturated carbocycles. The van der Waals surface area contributed by atoms with Crippen LogP contribution in [0.5, 0.6) is 0 Å². The average Bonchev–Trinajstić information content (AvgIpc) is 2.83. The first kappa shape index (κ1) is 13.4. The Hall–Kier alpha value is -3.01. The number of rotatable bonds is 4. The number of aryl methyl sites for hydroxylation is 1. The highest BCUT2D eigenvalue weighted by molar-refractivity contribution is 6.04. The zero-order chi connectivity index (χ0) is 14.7. The number of hydrazine groups is 1. The largest absolute Gasteiger partial charge is 0.408 e. The van der Waals surface area contributed by atoms with Crippen LogP contribution in [0, 0.1) is 17.0 Å². The van der Waals surface area contributed by atoms with E-state index in [0.29, 0.717) is 0 Å². The molecule has 1 heterocycles. The molecule has 10 nitrogen and oxygen atoms in total. The maximum atomic E-state index is 11.9. The first-order chi connectivity index (χ1) is 9.51. The normalized spacial score (nSPS) is 10.1. The van der Waals surface area contributed by atoms with Gasteiger partial charge in [0.05, 0.1) is 4.92 Å². The SMILES string of the molecule is Cc1nnc(NC(=O)c2ccc(NN)c([N+](=O)[O-])c2)o1. The lowest BCUT2D eigenvalue weighted by molar-refractivity contribution is -0.384. The molecule has 0 aliphatic carbocycles. The topological polar surface area (TPSA) is 149 Å². The van der Waals surface area contributed by atoms with Crippen LogP contribution < -0.4 is 16.6 Å². The van der Waals surface area contributed by atoms with E-state index >= 15 is 0 Å². The number of nitro benzene ring substituents is 1. The number of benzene rings is 1. The van der Waals surface area contributed by atoms with Gasteiger partial charge in [-0.15, -0.1) is 5.10 Å². The Balaban J connectivity index is 2.26. The Morgan fingerprint density at radius 3 is 2.75 bits per heavy atom. The summed E-state index contributed by atoms with van der Waals surface area (Å²) in [6.07, 6.45) is 0. The van der Waals surface area contributed by atoms with Gasteiger partial charge in [-0.2, -0.15) is 0 Å². The molecule has 0 atom stereocenters. The number of hydrogen-bond acceptors (Lipinski definition) is 8. The molecular formula is C10H10N6O4. The number of nitrogens with zero attached hydrogens (tertiary/aromatic N) is 3. The third-order valence-electron chi connectivity index (χ3n) is 2.36. The van der Waals surface area contributed by atoms with Crippen molar-refractivity contribution in [2.24, 2.45) is 5.84 Å². The summed E-state index contributed by atoms with van der Waals surface area (Å²) in [5.41, 5.74) is 2.02. The van der Waals surface area contributed by atoms with Crippen molar-refractivity contribution in [2.75, 3.05) is 10.7 Å². The van der Waals surface area contributed by atoms with Crippen molar-refractivity contribution in [3.8, 4) is 0 Å². The van der Waals surface area contributed by atoms with Crippen molar-refractivity contribution < 1.29 is 14.1 Å². The minimum atomic E-state index is -0.650. The minimum Gasteiger partial charge on any atom is -0.408 e. The Morgan fingerprint density at radius 2 is 2.20 bits per heavy atom. The second-order valence-corrected chi connectivity index (χ2v) is 3.71. The van der Waals surface area contributed by atoms with Crippen molar-refractivity contribution in [1.82, 2.24) is 10.2 Å². The lowest BCUT2D eigenvalue weighted by Crippen LogP contribution is -2.14. The number of hydrogen-bond donors (Lipinski definition) is 3. The second-order valence-electron chi connectivity index (χ2n) is 3.71. The standard InChI is InChI=1S/C10H10N6O4/c1-5-14-15-10(20-5)12-9(17)6-2-3-7(13-11)8(4-6)16(18)19/h2-4,13H,11H2,1H3,(H,12,15,17). The molecule has 0 aliphatic heterocycles. The molecule has 1 amide bonds. The van der Waals surface area contributed by atoms with Crippen LogP contribution in [-0.2, 0) is 0 Å². The number of amides is 1. The summed E-state index contributed by atoms with van der Waals surface area (Å²) < 4.78 is 4.98. The van der Waals surface area contributed by atoms with E-state index in [1.807, 2.05) is 0 Å². The molecular weight excluding hydrogens is 268 g/mol. The third-order valence-corrected chi connectivity index (χ3v) is 2.36. The molecule has 4 N–H and O–H groups in total. The van der Waals surface area contributed by atoms with Gasteiger partial charge >= 0.3 is 6.01 Å². The summed E-state index contributed by atoms with van der Waals surface area (Å²) in [4.78, 5) is 22.1. The van der Waals surface area contributed by atoms with E-state index in [1.54, 1.807) is 6.92 Å². The summed E-state index contributed by atoms with van der Waals surface area (Å²) in [5.74, 6) is 4.83. The number of nitrogens with one attached hydrogen (secondary N) is 2. The highest BCUT2D eigenvalue weighted by atomic mass is 16.6. The van der Waals surface area contributed by atoms with Gasteiger partial charge in [0.25, 0.3) is 11.6 Å². The third kappa shape index (κ3) is 2.70. The Labute approximate surface area is 112 Å². The lowest BCUT2D eigenvalue weighted by Gasteiger charge is -2.04. The molecule has 2 rings (SSSR count). The number of aromatic nitrogens is 2. The number of nitro groups is 1. The Morgan fingerprint density at radius 1 is 1.45 bits per heavy atom. The molecule has 0 spiro atoms. The zero-order valence-electron chi connectivity index (χ0n) is 10.3. The molecule has 1 aromatic carbocycles. The van der Waals surface area contributed by atoms with Crippen LogP contribution in [0.2, 0.25) is 0 Å². The maximum Gasteiger partial charge on any atom is 0.322 e. The number of carbonyl (C=O) groups excluding carboxylic acids is 1. The van der Waals surface area contributed by atoms with Crippen molar-refractivity contribution in [1.29, 1.82) is 0 Å². The fourth-order valence-electron chi connectivity index (χ4n) is 1.46. The quantitative estimate of drug-likeness (QED) is 0.422. The van der Waals surface area contributed by atoms with Crippen LogP contribution in [-0.4, -0.2) is 21.0 Å². The van der Waals surface area contributed by atoms with Crippen molar-refractivity contribution in [2.45, 2.75) is 6.92 Å². The van der Waals surface area contributed by atoms with Crippen molar-refractivity contribution >= 4 is 23.3 Å². The predicted molar refractivity (Wildman–Crippen MR) is 67.9 cm³/mol. The molecule has 0 fully saturated rings. The molecule has 0 saturated heterocycles. The van der Waals surface area contributed by atoms with Gasteiger partial charge < -0.3 is 9.84 Å². The predicted octanol–water partition coefficient (Wildman–Crippen LogP) is 0.824. The van der Waals surface area contributed by atoms with Crippen LogP contribution in [0.4, 0.5) is 17.4 Å². The number of carbonyl (C=O) groups is 1. The minimum absolute atomic E-state index is 0.0616. The van der Waals surface area contributed by atoms with Gasteiger partial charge in [0.1, 0.15) is 5.69 Å². The van der Waals surface area contributed by atoms with E-state index in [1.165, 1.54) is 12.1 Å². The fraction of sp³-hybridized carbons (Fsp3) is 0.100. The molecule has 20 heavy (non-hydrogen) atoms. The van der Waals surface area contributed by atoms with Gasteiger partial charge in [-0.25, -0.2) is 0 Å². The molecule has 0 radical (unpaired) electrons. The van der Waals surface area contributed by atoms with Crippen LogP contribution >= 0.6 is 0 Å². The zero-order valence-corrected chi connectivity index (χ0v) is 10.3. The maximum absolute atomic E-state index is 11.9. The van der Waals surface area contributed by atoms with Crippen LogP contribution in [0.25, 0.3) is 0 Å². The smallest absolute Gasteiger partial charge is 0.322 e. The van der Waals surface area contributed by atoms with E-state index < -0.39 is 10.8 Å². The molecule has 2 aromatic rings. The van der Waals surface area contributed by atoms with Crippen molar-refractivity contribution in [3.63, 3.8) is 0 Å². The van der Waals surface area contributed by atoms with Gasteiger partial charge in [0.15, 0.2) is 0 Å². The molecule has 0 bridgehead atoms. The number of anilines is 2. The van der Waals surface area contributed by atoms with Gasteiger partial charge in [0, 0.05) is 18.6 Å². The Bertz CT molecular complexity index is 668. The van der Waals surface area contributed by atoms with Crippen LogP contribution in [0.3, 0.4) is 0 Å². The molecule has 0 aliphatic rings. The Kier molecular flexibility index (Phi) is 3.57. The molecule has 0 unspecified atom stereocenters. The molecule has 104 valence electrons. The number of nitrogens with two attached hydrogens (primary N) is 1. The van der Waals surface area contributed by atoms with Crippen LogP contribution in [0.15, 0.2) is 22.6 Å². The van der Waals surface area contributed by atoms with Crippen molar-refractivity contribution in [3.05, 3.63) is 39.8 Å². The lowest BCUT2D eigenvalue weighted by atomic mass is 10.1. The summed E-state index contributed by atoms with van der Waals surface area (Å²) in [5, 5.41) is 20.3. The number of nitrogen functional groups attached to an aromatic ring is 1. The molecule has 10 heteroatoms. The first-order valence-corrected chi connectivity index (χ1v) is 5.38. The monoisotopic (exact) mass is 278 g/mol. The van der Waals surface area contributed by atoms with Gasteiger partial charge in [-0.05, 0) is 12.1 Å². The second kappa shape index (κ2) is 5.32. The van der Waals surface area contributed by atoms with E-state index in [4.69, 9.17) is 10.3 Å². The summed E-state index contributed by atoms with van der Waals surface area (Å²) in [6.45, 7) is 1.56. The summed E-state index contributed by atoms with van der Waals surface area (Å²) in [7, 11) is 0. The highest BCUT2D eigenvalue weighted by Gasteiger charge is 2.18. The van der Waals surface area contributed by atoms with E-state index in [9.17, 15) is 14.9 Å². The first-order valence-electron chi connectivity index (χ1n) is 5.38. The van der Waals surface area contributed by atoms with Crippen LogP contribution in [0.1, 0.15) is 16.2 Å². The van der Waals surface area contributed by atoms with Gasteiger partial charge in [-0.1, -0.05) is 5.10 Å².